The Bertz CT molecular complexity index is 1330. The van der Waals surface area contributed by atoms with Crippen LogP contribution >= 0.6 is 23.2 Å². The van der Waals surface area contributed by atoms with Crippen LogP contribution in [0.25, 0.3) is 11.1 Å². The largest absolute Gasteiger partial charge is 0.478 e. The first kappa shape index (κ1) is 25.5. The monoisotopic (exact) mass is 517 g/mol. The topological polar surface area (TPSA) is 57.6 Å². The standard InChI is InChI=1S/C30H25Cl2NO3/c31-25-17-24(18-26(32)19-25)29(34)33(16-6-9-21-7-2-1-3-8-21)20-22-12-14-23(15-13-22)27-10-4-5-11-28(27)30(35)36/h1-5,7-8,10-15,17-19H,6,9,16,20H2,(H,35,36). The first-order valence-corrected chi connectivity index (χ1v) is 12.4. The van der Waals surface area contributed by atoms with Crippen molar-refractivity contribution in [2.75, 3.05) is 6.54 Å². The summed E-state index contributed by atoms with van der Waals surface area (Å²) in [5.74, 6) is -1.11. The lowest BCUT2D eigenvalue weighted by molar-refractivity contribution is 0.0696. The number of carboxylic acid groups (broad SMARTS) is 1. The summed E-state index contributed by atoms with van der Waals surface area (Å²) in [5.41, 5.74) is 4.31. The fraction of sp³-hybridized carbons (Fsp3) is 0.133. The maximum atomic E-state index is 13.4. The van der Waals surface area contributed by atoms with E-state index < -0.39 is 5.97 Å². The van der Waals surface area contributed by atoms with Gasteiger partial charge in [-0.05, 0) is 59.4 Å². The number of hydrogen-bond acceptors (Lipinski definition) is 2. The van der Waals surface area contributed by atoms with E-state index in [-0.39, 0.29) is 11.5 Å². The molecule has 4 aromatic rings. The Hall–Kier alpha value is -3.60. The zero-order valence-corrected chi connectivity index (χ0v) is 21.0. The summed E-state index contributed by atoms with van der Waals surface area (Å²) in [5, 5.41) is 10.3. The lowest BCUT2D eigenvalue weighted by Crippen LogP contribution is -2.31. The van der Waals surface area contributed by atoms with E-state index in [1.807, 2.05) is 48.5 Å². The molecule has 0 aliphatic carbocycles. The van der Waals surface area contributed by atoms with Crippen LogP contribution in [0.5, 0.6) is 0 Å². The molecule has 0 spiro atoms. The van der Waals surface area contributed by atoms with Crippen molar-refractivity contribution in [3.63, 3.8) is 0 Å². The normalized spacial score (nSPS) is 10.7. The fourth-order valence-electron chi connectivity index (χ4n) is 4.16. The summed E-state index contributed by atoms with van der Waals surface area (Å²) >= 11 is 12.3. The molecule has 0 atom stereocenters. The maximum Gasteiger partial charge on any atom is 0.336 e. The molecular formula is C30H25Cl2NO3. The molecule has 4 rings (SSSR count). The number of amides is 1. The molecule has 6 heteroatoms. The molecule has 0 radical (unpaired) electrons. The van der Waals surface area contributed by atoms with Crippen LogP contribution in [0.15, 0.2) is 97.1 Å². The van der Waals surface area contributed by atoms with E-state index in [1.165, 1.54) is 5.56 Å². The molecule has 0 aliphatic rings. The van der Waals surface area contributed by atoms with Gasteiger partial charge in [-0.25, -0.2) is 4.79 Å². The van der Waals surface area contributed by atoms with Crippen molar-refractivity contribution >= 4 is 35.1 Å². The lowest BCUT2D eigenvalue weighted by atomic mass is 9.98. The Kier molecular flexibility index (Phi) is 8.42. The Morgan fingerprint density at radius 1 is 0.750 bits per heavy atom. The molecule has 182 valence electrons. The fourth-order valence-corrected chi connectivity index (χ4v) is 4.69. The van der Waals surface area contributed by atoms with E-state index in [1.54, 1.807) is 41.3 Å². The molecule has 0 heterocycles. The van der Waals surface area contributed by atoms with Crippen molar-refractivity contribution in [3.05, 3.63) is 129 Å². The van der Waals surface area contributed by atoms with E-state index in [0.717, 1.165) is 24.0 Å². The number of nitrogens with zero attached hydrogens (tertiary/aromatic N) is 1. The van der Waals surface area contributed by atoms with Crippen LogP contribution in [0.2, 0.25) is 10.0 Å². The number of carbonyl (C=O) groups excluding carboxylic acids is 1. The predicted octanol–water partition coefficient (Wildman–Crippen LogP) is 7.63. The van der Waals surface area contributed by atoms with E-state index in [9.17, 15) is 14.7 Å². The van der Waals surface area contributed by atoms with Gasteiger partial charge in [0.15, 0.2) is 0 Å². The second-order valence-corrected chi connectivity index (χ2v) is 9.39. The van der Waals surface area contributed by atoms with Gasteiger partial charge >= 0.3 is 5.97 Å². The number of hydrogen-bond donors (Lipinski definition) is 1. The first-order chi connectivity index (χ1) is 17.4. The zero-order chi connectivity index (χ0) is 25.5. The smallest absolute Gasteiger partial charge is 0.336 e. The van der Waals surface area contributed by atoms with Crippen molar-refractivity contribution in [1.82, 2.24) is 4.90 Å². The van der Waals surface area contributed by atoms with E-state index in [4.69, 9.17) is 23.2 Å². The van der Waals surface area contributed by atoms with Gasteiger partial charge < -0.3 is 10.0 Å². The average molecular weight is 518 g/mol. The van der Waals surface area contributed by atoms with Crippen molar-refractivity contribution in [3.8, 4) is 11.1 Å². The van der Waals surface area contributed by atoms with Crippen molar-refractivity contribution in [2.45, 2.75) is 19.4 Å². The van der Waals surface area contributed by atoms with E-state index in [2.05, 4.69) is 12.1 Å². The zero-order valence-electron chi connectivity index (χ0n) is 19.5. The van der Waals surface area contributed by atoms with Crippen molar-refractivity contribution < 1.29 is 14.7 Å². The van der Waals surface area contributed by atoms with Crippen LogP contribution in [-0.4, -0.2) is 28.4 Å². The second-order valence-electron chi connectivity index (χ2n) is 8.52. The number of halogens is 2. The highest BCUT2D eigenvalue weighted by Crippen LogP contribution is 2.25. The number of aromatic carboxylic acids is 1. The molecule has 0 saturated heterocycles. The van der Waals surface area contributed by atoms with Crippen molar-refractivity contribution in [2.24, 2.45) is 0 Å². The number of carboxylic acids is 1. The third kappa shape index (κ3) is 6.54. The third-order valence-electron chi connectivity index (χ3n) is 5.93. The van der Waals surface area contributed by atoms with Gasteiger partial charge in [0.05, 0.1) is 5.56 Å². The Morgan fingerprint density at radius 2 is 1.39 bits per heavy atom. The van der Waals surface area contributed by atoms with Gasteiger partial charge in [-0.3, -0.25) is 4.79 Å². The van der Waals surface area contributed by atoms with Gasteiger partial charge in [-0.2, -0.15) is 0 Å². The third-order valence-corrected chi connectivity index (χ3v) is 6.37. The molecule has 1 N–H and O–H groups in total. The van der Waals surface area contributed by atoms with Gasteiger partial charge in [0, 0.05) is 28.7 Å². The van der Waals surface area contributed by atoms with Crippen LogP contribution < -0.4 is 0 Å². The number of benzene rings is 4. The highest BCUT2D eigenvalue weighted by atomic mass is 35.5. The molecule has 0 aliphatic heterocycles. The Balaban J connectivity index is 1.55. The summed E-state index contributed by atoms with van der Waals surface area (Å²) < 4.78 is 0. The number of rotatable bonds is 9. The van der Waals surface area contributed by atoms with Crippen LogP contribution in [0, 0.1) is 0 Å². The van der Waals surface area contributed by atoms with Gasteiger partial charge in [0.1, 0.15) is 0 Å². The molecule has 36 heavy (non-hydrogen) atoms. The molecule has 4 nitrogen and oxygen atoms in total. The summed E-state index contributed by atoms with van der Waals surface area (Å²) in [6, 6.07) is 29.6. The van der Waals surface area contributed by atoms with E-state index >= 15 is 0 Å². The van der Waals surface area contributed by atoms with Crippen LogP contribution in [0.4, 0.5) is 0 Å². The average Bonchev–Trinajstić information content (AvgIpc) is 2.88. The number of carbonyl (C=O) groups is 2. The summed E-state index contributed by atoms with van der Waals surface area (Å²) in [7, 11) is 0. The quantitative estimate of drug-likeness (QED) is 0.248. The van der Waals surface area contributed by atoms with Crippen LogP contribution in [-0.2, 0) is 13.0 Å². The summed E-state index contributed by atoms with van der Waals surface area (Å²) in [4.78, 5) is 26.8. The maximum absolute atomic E-state index is 13.4. The number of aryl methyl sites for hydroxylation is 1. The molecule has 0 saturated carbocycles. The summed E-state index contributed by atoms with van der Waals surface area (Å²) in [6.07, 6.45) is 1.65. The molecule has 0 unspecified atom stereocenters. The Morgan fingerprint density at radius 3 is 2.06 bits per heavy atom. The molecule has 0 aromatic heterocycles. The lowest BCUT2D eigenvalue weighted by Gasteiger charge is -2.23. The van der Waals surface area contributed by atoms with Gasteiger partial charge in [-0.1, -0.05) is 96.0 Å². The van der Waals surface area contributed by atoms with Gasteiger partial charge in [-0.15, -0.1) is 0 Å². The Labute approximate surface area is 220 Å². The summed E-state index contributed by atoms with van der Waals surface area (Å²) in [6.45, 7) is 0.958. The highest BCUT2D eigenvalue weighted by molar-refractivity contribution is 6.35. The van der Waals surface area contributed by atoms with Crippen LogP contribution in [0.1, 0.15) is 38.3 Å². The van der Waals surface area contributed by atoms with Crippen LogP contribution in [0.3, 0.4) is 0 Å². The molecule has 0 bridgehead atoms. The molecule has 0 fully saturated rings. The molecule has 1 amide bonds. The van der Waals surface area contributed by atoms with Crippen molar-refractivity contribution in [1.29, 1.82) is 0 Å². The van der Waals surface area contributed by atoms with Gasteiger partial charge in [0.2, 0.25) is 0 Å². The van der Waals surface area contributed by atoms with E-state index in [0.29, 0.717) is 34.3 Å². The minimum atomic E-state index is -0.968. The second kappa shape index (κ2) is 11.9. The SMILES string of the molecule is O=C(O)c1ccccc1-c1ccc(CN(CCCc2ccccc2)C(=O)c2cc(Cl)cc(Cl)c2)cc1. The highest BCUT2D eigenvalue weighted by Gasteiger charge is 2.18. The molecule has 4 aromatic carbocycles. The minimum Gasteiger partial charge on any atom is -0.478 e. The first-order valence-electron chi connectivity index (χ1n) is 11.6. The minimum absolute atomic E-state index is 0.146. The van der Waals surface area contributed by atoms with Gasteiger partial charge in [0.25, 0.3) is 5.91 Å². The predicted molar refractivity (Wildman–Crippen MR) is 145 cm³/mol. The molecular weight excluding hydrogens is 493 g/mol.